The summed E-state index contributed by atoms with van der Waals surface area (Å²) in [6.45, 7) is 4.23. The lowest BCUT2D eigenvalue weighted by Gasteiger charge is -2.21. The van der Waals surface area contributed by atoms with E-state index in [0.29, 0.717) is 6.04 Å². The monoisotopic (exact) mass is 266 g/mol. The largest absolute Gasteiger partial charge is 0.380 e. The Kier molecular flexibility index (Phi) is 3.75. The second kappa shape index (κ2) is 5.68. The Hall–Kier alpha value is -1.80. The van der Waals surface area contributed by atoms with Crippen LogP contribution in [0.2, 0.25) is 0 Å². The number of rotatable bonds is 4. The maximum absolute atomic E-state index is 3.62. The van der Waals surface area contributed by atoms with E-state index in [1.165, 1.54) is 22.4 Å². The van der Waals surface area contributed by atoms with E-state index < -0.39 is 0 Å². The van der Waals surface area contributed by atoms with Crippen LogP contribution >= 0.6 is 0 Å². The maximum atomic E-state index is 3.62. The third-order valence-corrected chi connectivity index (χ3v) is 3.91. The number of hydrogen-bond acceptors (Lipinski definition) is 2. The van der Waals surface area contributed by atoms with Crippen molar-refractivity contribution in [2.75, 3.05) is 18.9 Å². The Morgan fingerprint density at radius 2 is 2.00 bits per heavy atom. The SMILES string of the molecule is Cc1cccc(CN(C)CC2Cc3ccccc3N2)c1. The third kappa shape index (κ3) is 3.02. The first kappa shape index (κ1) is 13.2. The van der Waals surface area contributed by atoms with Gasteiger partial charge in [-0.05, 0) is 37.6 Å². The summed E-state index contributed by atoms with van der Waals surface area (Å²) in [7, 11) is 2.20. The topological polar surface area (TPSA) is 15.3 Å². The zero-order valence-electron chi connectivity index (χ0n) is 12.3. The quantitative estimate of drug-likeness (QED) is 0.911. The molecule has 1 unspecified atom stereocenters. The molecule has 0 amide bonds. The van der Waals surface area contributed by atoms with Gasteiger partial charge in [0.1, 0.15) is 0 Å². The van der Waals surface area contributed by atoms with Crippen LogP contribution in [0.3, 0.4) is 0 Å². The van der Waals surface area contributed by atoms with Crippen molar-refractivity contribution in [1.29, 1.82) is 0 Å². The minimum atomic E-state index is 0.530. The van der Waals surface area contributed by atoms with Gasteiger partial charge < -0.3 is 10.2 Å². The number of hydrogen-bond donors (Lipinski definition) is 1. The van der Waals surface area contributed by atoms with Crippen molar-refractivity contribution >= 4 is 5.69 Å². The molecular weight excluding hydrogens is 244 g/mol. The minimum absolute atomic E-state index is 0.530. The van der Waals surface area contributed by atoms with Crippen LogP contribution in [-0.4, -0.2) is 24.5 Å². The van der Waals surface area contributed by atoms with Crippen molar-refractivity contribution in [2.45, 2.75) is 25.9 Å². The predicted octanol–water partition coefficient (Wildman–Crippen LogP) is 3.46. The molecule has 0 aliphatic carbocycles. The summed E-state index contributed by atoms with van der Waals surface area (Å²) in [4.78, 5) is 2.40. The van der Waals surface area contributed by atoms with Gasteiger partial charge in [-0.25, -0.2) is 0 Å². The maximum Gasteiger partial charge on any atom is 0.0429 e. The molecule has 3 rings (SSSR count). The Labute approximate surface area is 121 Å². The number of aryl methyl sites for hydroxylation is 1. The number of anilines is 1. The second-order valence-electron chi connectivity index (χ2n) is 5.89. The molecule has 0 saturated heterocycles. The van der Waals surface area contributed by atoms with E-state index in [0.717, 1.165) is 19.5 Å². The molecular formula is C18H22N2. The zero-order chi connectivity index (χ0) is 13.9. The summed E-state index contributed by atoms with van der Waals surface area (Å²) in [5.41, 5.74) is 5.48. The summed E-state index contributed by atoms with van der Waals surface area (Å²) < 4.78 is 0. The molecule has 1 aliphatic heterocycles. The highest BCUT2D eigenvalue weighted by atomic mass is 15.1. The molecule has 104 valence electrons. The number of nitrogens with one attached hydrogen (secondary N) is 1. The molecule has 1 aliphatic rings. The zero-order valence-corrected chi connectivity index (χ0v) is 12.3. The van der Waals surface area contributed by atoms with E-state index in [2.05, 4.69) is 72.7 Å². The summed E-state index contributed by atoms with van der Waals surface area (Å²) in [5.74, 6) is 0. The molecule has 2 aromatic rings. The molecule has 0 bridgehead atoms. The summed E-state index contributed by atoms with van der Waals surface area (Å²) in [6, 6.07) is 17.9. The molecule has 1 atom stereocenters. The normalized spacial score (nSPS) is 17.1. The number of para-hydroxylation sites is 1. The molecule has 0 saturated carbocycles. The predicted molar refractivity (Wildman–Crippen MR) is 85.1 cm³/mol. The van der Waals surface area contributed by atoms with Crippen LogP contribution in [0.5, 0.6) is 0 Å². The second-order valence-corrected chi connectivity index (χ2v) is 5.89. The Bertz CT molecular complexity index is 566. The van der Waals surface area contributed by atoms with Gasteiger partial charge in [0, 0.05) is 24.8 Å². The van der Waals surface area contributed by atoms with Gasteiger partial charge in [0.2, 0.25) is 0 Å². The van der Waals surface area contributed by atoms with Gasteiger partial charge in [0.05, 0.1) is 0 Å². The molecule has 0 spiro atoms. The molecule has 0 fully saturated rings. The van der Waals surface area contributed by atoms with Gasteiger partial charge in [-0.3, -0.25) is 0 Å². The molecule has 0 aromatic heterocycles. The molecule has 2 nitrogen and oxygen atoms in total. The van der Waals surface area contributed by atoms with Crippen molar-refractivity contribution in [3.05, 3.63) is 65.2 Å². The molecule has 2 aromatic carbocycles. The van der Waals surface area contributed by atoms with E-state index in [1.807, 2.05) is 0 Å². The van der Waals surface area contributed by atoms with E-state index in [-0.39, 0.29) is 0 Å². The van der Waals surface area contributed by atoms with Crippen molar-refractivity contribution < 1.29 is 0 Å². The number of nitrogens with zero attached hydrogens (tertiary/aromatic N) is 1. The molecule has 1 N–H and O–H groups in total. The Balaban J connectivity index is 1.57. The number of fused-ring (bicyclic) bond motifs is 1. The average molecular weight is 266 g/mol. The Morgan fingerprint density at radius 3 is 2.80 bits per heavy atom. The standard InChI is InChI=1S/C18H22N2/c1-14-6-5-7-15(10-14)12-20(2)13-17-11-16-8-3-4-9-18(16)19-17/h3-10,17,19H,11-13H2,1-2H3. The van der Waals surface area contributed by atoms with Crippen LogP contribution in [0.4, 0.5) is 5.69 Å². The molecule has 20 heavy (non-hydrogen) atoms. The van der Waals surface area contributed by atoms with Crippen LogP contribution in [0.15, 0.2) is 48.5 Å². The van der Waals surface area contributed by atoms with Gasteiger partial charge in [-0.2, -0.15) is 0 Å². The summed E-state index contributed by atoms with van der Waals surface area (Å²) >= 11 is 0. The van der Waals surface area contributed by atoms with Crippen LogP contribution in [0.1, 0.15) is 16.7 Å². The third-order valence-electron chi connectivity index (χ3n) is 3.91. The first-order valence-electron chi connectivity index (χ1n) is 7.29. The lowest BCUT2D eigenvalue weighted by atomic mass is 10.1. The number of benzene rings is 2. The fourth-order valence-electron chi connectivity index (χ4n) is 3.05. The smallest absolute Gasteiger partial charge is 0.0429 e. The van der Waals surface area contributed by atoms with Gasteiger partial charge in [0.15, 0.2) is 0 Å². The van der Waals surface area contributed by atoms with Crippen LogP contribution in [-0.2, 0) is 13.0 Å². The molecule has 2 heteroatoms. The first-order valence-corrected chi connectivity index (χ1v) is 7.29. The highest BCUT2D eigenvalue weighted by molar-refractivity contribution is 5.56. The van der Waals surface area contributed by atoms with Crippen LogP contribution in [0.25, 0.3) is 0 Å². The van der Waals surface area contributed by atoms with Crippen molar-refractivity contribution in [1.82, 2.24) is 4.90 Å². The van der Waals surface area contributed by atoms with E-state index in [9.17, 15) is 0 Å². The molecule has 0 radical (unpaired) electrons. The van der Waals surface area contributed by atoms with Gasteiger partial charge in [-0.1, -0.05) is 48.0 Å². The number of likely N-dealkylation sites (N-methyl/N-ethyl adjacent to an activating group) is 1. The minimum Gasteiger partial charge on any atom is -0.380 e. The Morgan fingerprint density at radius 1 is 1.15 bits per heavy atom. The molecule has 1 heterocycles. The van der Waals surface area contributed by atoms with Gasteiger partial charge in [-0.15, -0.1) is 0 Å². The average Bonchev–Trinajstić information content (AvgIpc) is 2.80. The van der Waals surface area contributed by atoms with Crippen LogP contribution in [0, 0.1) is 6.92 Å². The van der Waals surface area contributed by atoms with E-state index in [1.54, 1.807) is 0 Å². The van der Waals surface area contributed by atoms with E-state index in [4.69, 9.17) is 0 Å². The first-order chi connectivity index (χ1) is 9.70. The lowest BCUT2D eigenvalue weighted by molar-refractivity contribution is 0.312. The lowest BCUT2D eigenvalue weighted by Crippen LogP contribution is -2.32. The van der Waals surface area contributed by atoms with Crippen LogP contribution < -0.4 is 5.32 Å². The summed E-state index contributed by atoms with van der Waals surface area (Å²) in [5, 5.41) is 3.62. The van der Waals surface area contributed by atoms with Gasteiger partial charge in [0.25, 0.3) is 0 Å². The van der Waals surface area contributed by atoms with Gasteiger partial charge >= 0.3 is 0 Å². The van der Waals surface area contributed by atoms with E-state index >= 15 is 0 Å². The van der Waals surface area contributed by atoms with Crippen molar-refractivity contribution in [3.8, 4) is 0 Å². The summed E-state index contributed by atoms with van der Waals surface area (Å²) in [6.07, 6.45) is 1.13. The highest BCUT2D eigenvalue weighted by Crippen LogP contribution is 2.25. The fraction of sp³-hybridized carbons (Fsp3) is 0.333. The highest BCUT2D eigenvalue weighted by Gasteiger charge is 2.20. The van der Waals surface area contributed by atoms with Crippen molar-refractivity contribution in [3.63, 3.8) is 0 Å². The fourth-order valence-corrected chi connectivity index (χ4v) is 3.05. The van der Waals surface area contributed by atoms with Crippen molar-refractivity contribution in [2.24, 2.45) is 0 Å².